The van der Waals surface area contributed by atoms with Gasteiger partial charge in [0.1, 0.15) is 0 Å². The first-order valence-electron chi connectivity index (χ1n) is 8.11. The highest BCUT2D eigenvalue weighted by Gasteiger charge is 2.28. The number of nitrogens with zero attached hydrogens (tertiary/aromatic N) is 2. The number of hydrogen-bond acceptors (Lipinski definition) is 2. The van der Waals surface area contributed by atoms with Crippen LogP contribution in [-0.2, 0) is 0 Å². The van der Waals surface area contributed by atoms with E-state index in [0.717, 1.165) is 19.6 Å². The van der Waals surface area contributed by atoms with Gasteiger partial charge in [0, 0.05) is 25.3 Å². The van der Waals surface area contributed by atoms with Crippen molar-refractivity contribution in [3.05, 3.63) is 65.2 Å². The molecule has 1 heterocycles. The summed E-state index contributed by atoms with van der Waals surface area (Å²) in [5, 5.41) is 0. The van der Waals surface area contributed by atoms with Gasteiger partial charge in [-0.2, -0.15) is 0 Å². The Labute approximate surface area is 135 Å². The van der Waals surface area contributed by atoms with Gasteiger partial charge < -0.3 is 9.71 Å². The normalized spacial score (nSPS) is 19.2. The van der Waals surface area contributed by atoms with Crippen LogP contribution in [-0.4, -0.2) is 31.9 Å². The Morgan fingerprint density at radius 3 is 2.45 bits per heavy atom. The molecule has 0 bridgehead atoms. The predicted molar refractivity (Wildman–Crippen MR) is 95.6 cm³/mol. The highest BCUT2D eigenvalue weighted by Crippen LogP contribution is 2.32. The van der Waals surface area contributed by atoms with Crippen LogP contribution in [0, 0.1) is 13.8 Å². The summed E-state index contributed by atoms with van der Waals surface area (Å²) in [5.74, 6) is 0. The average Bonchev–Trinajstić information content (AvgIpc) is 2.55. The minimum atomic E-state index is 0.410. The molecule has 0 N–H and O–H groups in total. The van der Waals surface area contributed by atoms with E-state index in [9.17, 15) is 0 Å². The summed E-state index contributed by atoms with van der Waals surface area (Å²) >= 11 is 0. The van der Waals surface area contributed by atoms with E-state index in [1.54, 1.807) is 0 Å². The minimum absolute atomic E-state index is 0.410. The second-order valence-electron chi connectivity index (χ2n) is 6.16. The van der Waals surface area contributed by atoms with Gasteiger partial charge in [-0.1, -0.05) is 54.9 Å². The fourth-order valence-electron chi connectivity index (χ4n) is 3.42. The first-order chi connectivity index (χ1) is 10.7. The summed E-state index contributed by atoms with van der Waals surface area (Å²) in [4.78, 5) is 5.00. The molecule has 2 aromatic rings. The largest absolute Gasteiger partial charge is 0.362 e. The Bertz CT molecular complexity index is 627. The molecule has 0 spiro atoms. The summed E-state index contributed by atoms with van der Waals surface area (Å²) in [5.41, 5.74) is 5.47. The van der Waals surface area contributed by atoms with Crippen LogP contribution in [0.25, 0.3) is 0 Å². The van der Waals surface area contributed by atoms with Gasteiger partial charge in [-0.15, -0.1) is 0 Å². The third kappa shape index (κ3) is 3.05. The smallest absolute Gasteiger partial charge is 0.205 e. The molecule has 22 heavy (non-hydrogen) atoms. The second kappa shape index (κ2) is 6.57. The lowest BCUT2D eigenvalue weighted by atomic mass is 9.90. The Morgan fingerprint density at radius 1 is 1.00 bits per heavy atom. The monoisotopic (exact) mass is 291 g/mol. The molecule has 2 nitrogen and oxygen atoms in total. The van der Waals surface area contributed by atoms with Crippen LogP contribution in [0.5, 0.6) is 0 Å². The van der Waals surface area contributed by atoms with Crippen molar-refractivity contribution in [1.29, 1.82) is 0 Å². The molecule has 0 saturated carbocycles. The van der Waals surface area contributed by atoms with Crippen molar-refractivity contribution in [1.82, 2.24) is 4.81 Å². The molecule has 1 fully saturated rings. The number of anilines is 1. The van der Waals surface area contributed by atoms with E-state index >= 15 is 0 Å². The van der Waals surface area contributed by atoms with Crippen LogP contribution in [0.1, 0.15) is 22.7 Å². The Balaban J connectivity index is 1.96. The molecule has 3 rings (SSSR count). The fourth-order valence-corrected chi connectivity index (χ4v) is 3.42. The highest BCUT2D eigenvalue weighted by atomic mass is 15.3. The van der Waals surface area contributed by atoms with Gasteiger partial charge in [-0.05, 0) is 31.0 Å². The van der Waals surface area contributed by atoms with Crippen molar-refractivity contribution < 1.29 is 0 Å². The summed E-state index contributed by atoms with van der Waals surface area (Å²) < 4.78 is 0. The Hall–Kier alpha value is -1.74. The number of piperazine rings is 1. The zero-order chi connectivity index (χ0) is 15.5. The lowest BCUT2D eigenvalue weighted by molar-refractivity contribution is 0.348. The Morgan fingerprint density at radius 2 is 1.77 bits per heavy atom. The van der Waals surface area contributed by atoms with Crippen molar-refractivity contribution in [3.8, 4) is 0 Å². The van der Waals surface area contributed by atoms with Crippen molar-refractivity contribution in [2.45, 2.75) is 26.7 Å². The zero-order valence-electron chi connectivity index (χ0n) is 13.8. The second-order valence-corrected chi connectivity index (χ2v) is 6.16. The molecule has 1 saturated heterocycles. The molecular formula is C19H24BN2. The molecule has 1 aliphatic heterocycles. The van der Waals surface area contributed by atoms with E-state index in [2.05, 4.69) is 86.3 Å². The summed E-state index contributed by atoms with van der Waals surface area (Å²) in [7, 11) is 2.22. The van der Waals surface area contributed by atoms with Crippen LogP contribution < -0.4 is 4.90 Å². The van der Waals surface area contributed by atoms with Crippen LogP contribution in [0.2, 0.25) is 6.82 Å². The van der Waals surface area contributed by atoms with Gasteiger partial charge in [0.2, 0.25) is 7.41 Å². The van der Waals surface area contributed by atoms with E-state index in [4.69, 9.17) is 0 Å². The van der Waals surface area contributed by atoms with E-state index in [1.165, 1.54) is 22.4 Å². The molecule has 3 heteroatoms. The first-order valence-corrected chi connectivity index (χ1v) is 8.11. The van der Waals surface area contributed by atoms with Crippen LogP contribution in [0.4, 0.5) is 5.69 Å². The van der Waals surface area contributed by atoms with Crippen molar-refractivity contribution in [2.75, 3.05) is 24.5 Å². The van der Waals surface area contributed by atoms with Crippen molar-refractivity contribution in [3.63, 3.8) is 0 Å². The van der Waals surface area contributed by atoms with Crippen LogP contribution >= 0.6 is 0 Å². The zero-order valence-corrected chi connectivity index (χ0v) is 13.8. The van der Waals surface area contributed by atoms with Crippen molar-refractivity contribution >= 4 is 13.1 Å². The van der Waals surface area contributed by atoms with Gasteiger partial charge in [0.25, 0.3) is 0 Å². The average molecular weight is 291 g/mol. The highest BCUT2D eigenvalue weighted by molar-refractivity contribution is 6.29. The molecule has 113 valence electrons. The van der Waals surface area contributed by atoms with E-state index in [1.807, 2.05) is 0 Å². The standard InChI is InChI=1S/C19H24BN2/c1-15-9-10-18(16(2)13-15)22-12-11-21(20-3)14-19(22)17-7-5-4-6-8-17/h4-10,13,19H,11-12,14H2,1-3H3. The van der Waals surface area contributed by atoms with Gasteiger partial charge in [-0.25, -0.2) is 0 Å². The third-order valence-electron chi connectivity index (χ3n) is 4.62. The topological polar surface area (TPSA) is 6.48 Å². The van der Waals surface area contributed by atoms with E-state index < -0.39 is 0 Å². The Kier molecular flexibility index (Phi) is 4.53. The molecule has 1 aliphatic rings. The SMILES string of the molecule is C[B]N1CCN(c2ccc(C)cc2C)C(c2ccccc2)C1. The summed E-state index contributed by atoms with van der Waals surface area (Å²) in [6.07, 6.45) is 0. The predicted octanol–water partition coefficient (Wildman–Crippen LogP) is 3.83. The molecule has 1 radical (unpaired) electrons. The first kappa shape index (κ1) is 15.2. The van der Waals surface area contributed by atoms with Gasteiger partial charge >= 0.3 is 0 Å². The fraction of sp³-hybridized carbons (Fsp3) is 0.368. The molecule has 0 amide bonds. The number of aryl methyl sites for hydroxylation is 2. The van der Waals surface area contributed by atoms with Crippen LogP contribution in [0.3, 0.4) is 0 Å². The quantitative estimate of drug-likeness (QED) is 0.793. The molecule has 1 atom stereocenters. The lowest BCUT2D eigenvalue weighted by Crippen LogP contribution is -2.49. The minimum Gasteiger partial charge on any atom is -0.362 e. The maximum absolute atomic E-state index is 2.57. The van der Waals surface area contributed by atoms with Crippen LogP contribution in [0.15, 0.2) is 48.5 Å². The maximum Gasteiger partial charge on any atom is 0.205 e. The molecular weight excluding hydrogens is 267 g/mol. The van der Waals surface area contributed by atoms with E-state index in [0.29, 0.717) is 6.04 Å². The molecule has 0 aliphatic carbocycles. The maximum atomic E-state index is 2.57. The lowest BCUT2D eigenvalue weighted by Gasteiger charge is -2.43. The number of rotatable bonds is 3. The number of hydrogen-bond donors (Lipinski definition) is 0. The van der Waals surface area contributed by atoms with Gasteiger partial charge in [0.15, 0.2) is 0 Å². The third-order valence-corrected chi connectivity index (χ3v) is 4.62. The summed E-state index contributed by atoms with van der Waals surface area (Å²) in [6.45, 7) is 9.72. The van der Waals surface area contributed by atoms with E-state index in [-0.39, 0.29) is 0 Å². The van der Waals surface area contributed by atoms with Crippen molar-refractivity contribution in [2.24, 2.45) is 0 Å². The number of benzene rings is 2. The molecule has 0 aromatic heterocycles. The van der Waals surface area contributed by atoms with Gasteiger partial charge in [-0.3, -0.25) is 0 Å². The molecule has 1 unspecified atom stereocenters. The molecule has 2 aromatic carbocycles. The summed E-state index contributed by atoms with van der Waals surface area (Å²) in [6, 6.07) is 18.1. The van der Waals surface area contributed by atoms with Gasteiger partial charge in [0.05, 0.1) is 6.04 Å².